The first-order valence-electron chi connectivity index (χ1n) is 9.71. The van der Waals surface area contributed by atoms with Gasteiger partial charge in [-0.1, -0.05) is 65.4 Å². The van der Waals surface area contributed by atoms with Gasteiger partial charge >= 0.3 is 6.18 Å². The van der Waals surface area contributed by atoms with E-state index in [2.05, 4.69) is 35.5 Å². The fourth-order valence-electron chi connectivity index (χ4n) is 2.70. The summed E-state index contributed by atoms with van der Waals surface area (Å²) in [5.74, 6) is -2.01. The van der Waals surface area contributed by atoms with Crippen LogP contribution in [-0.4, -0.2) is 21.5 Å². The number of benzene rings is 2. The second-order valence-corrected chi connectivity index (χ2v) is 9.41. The maximum absolute atomic E-state index is 14.1. The Bertz CT molecular complexity index is 1150. The zero-order valence-corrected chi connectivity index (χ0v) is 21.3. The molecule has 0 fully saturated rings. The number of hydrogen-bond donors (Lipinski definition) is 1. The fraction of sp³-hybridized carbons (Fsp3) is 0.227. The van der Waals surface area contributed by atoms with Gasteiger partial charge in [-0.05, 0) is 36.0 Å². The lowest BCUT2D eigenvalue weighted by Crippen LogP contribution is -2.20. The van der Waals surface area contributed by atoms with Gasteiger partial charge < -0.3 is 0 Å². The molecular weight excluding hydrogens is 543 g/mol. The number of amides is 1. The number of nitrogens with one attached hydrogen (secondary N) is 1. The number of hydrogen-bond acceptors (Lipinski definition) is 4. The van der Waals surface area contributed by atoms with Crippen molar-refractivity contribution in [3.05, 3.63) is 65.1 Å². The van der Waals surface area contributed by atoms with Crippen LogP contribution in [0.15, 0.2) is 42.5 Å². The summed E-state index contributed by atoms with van der Waals surface area (Å²) in [6.45, 7) is 5.55. The topological polar surface area (TPSA) is 59.1 Å². The number of aromatic nitrogens is 1. The van der Waals surface area contributed by atoms with E-state index in [0.717, 1.165) is 29.5 Å². The smallest absolute Gasteiger partial charge is 0.298 e. The molecule has 3 rings (SSSR count). The first-order valence-corrected chi connectivity index (χ1v) is 12.0. The lowest BCUT2D eigenvalue weighted by Gasteiger charge is -2.08. The van der Waals surface area contributed by atoms with Crippen LogP contribution in [0.1, 0.15) is 47.2 Å². The number of nitrogens with zero attached hydrogens (tertiary/aromatic N) is 1. The van der Waals surface area contributed by atoms with Crippen molar-refractivity contribution >= 4 is 58.6 Å². The van der Waals surface area contributed by atoms with Crippen LogP contribution in [0.4, 0.5) is 22.7 Å². The summed E-state index contributed by atoms with van der Waals surface area (Å²) in [6, 6.07) is 8.56. The molecule has 0 aliphatic heterocycles. The van der Waals surface area contributed by atoms with Crippen LogP contribution in [0.3, 0.4) is 0 Å². The van der Waals surface area contributed by atoms with Crippen LogP contribution < -0.4 is 10.6 Å². The Morgan fingerprint density at radius 1 is 1.15 bits per heavy atom. The standard InChI is InChI=1S/C20H14BrF4N2O2PS.C2H6/c1-9(21)16(28)15-17(10-4-2-5-11(8-10)20(23,24)25)31-19(26-15)27-18(29)14-12(22)6-3-7-13(14)30;1-2/h2-9H,30H2,1H3,(H,26,27,29);1-2H3. The first-order chi connectivity index (χ1) is 15.5. The molecule has 176 valence electrons. The molecule has 0 bridgehead atoms. The highest BCUT2D eigenvalue weighted by molar-refractivity contribution is 9.10. The molecule has 0 spiro atoms. The third-order valence-electron chi connectivity index (χ3n) is 4.17. The summed E-state index contributed by atoms with van der Waals surface area (Å²) in [7, 11) is 2.25. The predicted molar refractivity (Wildman–Crippen MR) is 130 cm³/mol. The molecule has 11 heteroatoms. The van der Waals surface area contributed by atoms with E-state index in [9.17, 15) is 27.2 Å². The van der Waals surface area contributed by atoms with Crippen molar-refractivity contribution in [2.75, 3.05) is 5.32 Å². The predicted octanol–water partition coefficient (Wildman–Crippen LogP) is 6.71. The molecule has 0 saturated heterocycles. The Morgan fingerprint density at radius 2 is 1.79 bits per heavy atom. The molecule has 2 atom stereocenters. The highest BCUT2D eigenvalue weighted by Crippen LogP contribution is 2.38. The number of rotatable bonds is 5. The van der Waals surface area contributed by atoms with Crippen LogP contribution in [0, 0.1) is 5.82 Å². The molecule has 33 heavy (non-hydrogen) atoms. The van der Waals surface area contributed by atoms with Gasteiger partial charge in [0.2, 0.25) is 0 Å². The molecule has 0 aliphatic rings. The van der Waals surface area contributed by atoms with Crippen molar-refractivity contribution in [1.82, 2.24) is 4.98 Å². The SMILES string of the molecule is CC.CC(Br)C(=O)c1nc(NC(=O)c2c(F)cccc2P)sc1-c1cccc(C(F)(F)F)c1. The summed E-state index contributed by atoms with van der Waals surface area (Å²) in [6.07, 6.45) is -4.56. The van der Waals surface area contributed by atoms with Gasteiger partial charge in [-0.2, -0.15) is 13.2 Å². The normalized spacial score (nSPS) is 11.9. The van der Waals surface area contributed by atoms with Gasteiger partial charge in [-0.25, -0.2) is 9.37 Å². The second kappa shape index (κ2) is 11.3. The van der Waals surface area contributed by atoms with E-state index in [0.29, 0.717) is 5.30 Å². The molecule has 2 aromatic carbocycles. The van der Waals surface area contributed by atoms with Gasteiger partial charge in [0.25, 0.3) is 5.91 Å². The van der Waals surface area contributed by atoms with E-state index in [-0.39, 0.29) is 26.8 Å². The molecule has 0 radical (unpaired) electrons. The summed E-state index contributed by atoms with van der Waals surface area (Å²) >= 11 is 3.97. The quantitative estimate of drug-likeness (QED) is 0.163. The number of thiazole rings is 1. The van der Waals surface area contributed by atoms with E-state index in [1.165, 1.54) is 24.3 Å². The fourth-order valence-corrected chi connectivity index (χ4v) is 4.26. The number of ketones is 1. The van der Waals surface area contributed by atoms with E-state index >= 15 is 0 Å². The molecule has 0 saturated carbocycles. The van der Waals surface area contributed by atoms with Crippen molar-refractivity contribution in [3.8, 4) is 10.4 Å². The number of carbonyl (C=O) groups is 2. The Balaban J connectivity index is 0.00000187. The molecule has 1 amide bonds. The summed E-state index contributed by atoms with van der Waals surface area (Å²) in [5.41, 5.74) is -1.07. The molecule has 1 aromatic heterocycles. The molecule has 1 heterocycles. The van der Waals surface area contributed by atoms with Gasteiger partial charge in [0, 0.05) is 0 Å². The average molecular weight is 563 g/mol. The Morgan fingerprint density at radius 3 is 2.36 bits per heavy atom. The van der Waals surface area contributed by atoms with Crippen LogP contribution in [0.2, 0.25) is 0 Å². The second-order valence-electron chi connectivity index (χ2n) is 6.41. The molecule has 3 aromatic rings. The Hall–Kier alpha value is -2.16. The molecule has 1 N–H and O–H groups in total. The number of Topliss-reactive ketones (excluding diaryl/α,β-unsaturated/α-hetero) is 1. The Kier molecular flexibility index (Phi) is 9.29. The number of alkyl halides is 4. The van der Waals surface area contributed by atoms with E-state index < -0.39 is 34.1 Å². The molecule has 0 aliphatic carbocycles. The van der Waals surface area contributed by atoms with Gasteiger partial charge in [0.1, 0.15) is 11.5 Å². The third-order valence-corrected chi connectivity index (χ3v) is 6.08. The first kappa shape index (κ1) is 27.1. The summed E-state index contributed by atoms with van der Waals surface area (Å²) in [5, 5.41) is 2.71. The summed E-state index contributed by atoms with van der Waals surface area (Å²) in [4.78, 5) is 28.8. The van der Waals surface area contributed by atoms with Crippen molar-refractivity contribution in [1.29, 1.82) is 0 Å². The van der Waals surface area contributed by atoms with E-state index in [1.807, 2.05) is 13.8 Å². The largest absolute Gasteiger partial charge is 0.416 e. The minimum atomic E-state index is -4.56. The van der Waals surface area contributed by atoms with Crippen molar-refractivity contribution in [2.45, 2.75) is 31.8 Å². The van der Waals surface area contributed by atoms with E-state index in [1.54, 1.807) is 6.92 Å². The van der Waals surface area contributed by atoms with Gasteiger partial charge in [-0.15, -0.1) is 9.24 Å². The molecule has 4 nitrogen and oxygen atoms in total. The van der Waals surface area contributed by atoms with Crippen LogP contribution in [0.25, 0.3) is 10.4 Å². The van der Waals surface area contributed by atoms with Crippen LogP contribution >= 0.6 is 36.5 Å². The van der Waals surface area contributed by atoms with Gasteiger partial charge in [0.05, 0.1) is 20.8 Å². The highest BCUT2D eigenvalue weighted by Gasteiger charge is 2.31. The van der Waals surface area contributed by atoms with Crippen molar-refractivity contribution in [2.24, 2.45) is 0 Å². The number of halogens is 5. The zero-order chi connectivity index (χ0) is 24.9. The summed E-state index contributed by atoms with van der Waals surface area (Å²) < 4.78 is 53.5. The minimum absolute atomic E-state index is 0.0402. The minimum Gasteiger partial charge on any atom is -0.298 e. The van der Waals surface area contributed by atoms with Crippen molar-refractivity contribution in [3.63, 3.8) is 0 Å². The number of carbonyl (C=O) groups excluding carboxylic acids is 2. The average Bonchev–Trinajstić information content (AvgIpc) is 3.17. The van der Waals surface area contributed by atoms with Crippen LogP contribution in [0.5, 0.6) is 0 Å². The maximum Gasteiger partial charge on any atom is 0.416 e. The third kappa shape index (κ3) is 6.46. The number of anilines is 1. The monoisotopic (exact) mass is 562 g/mol. The maximum atomic E-state index is 14.1. The lowest BCUT2D eigenvalue weighted by atomic mass is 10.1. The lowest BCUT2D eigenvalue weighted by molar-refractivity contribution is -0.137. The molecule has 2 unspecified atom stereocenters. The van der Waals surface area contributed by atoms with Crippen molar-refractivity contribution < 1.29 is 27.2 Å². The Labute approximate surface area is 203 Å². The molecular formula is C22H20BrF4N2O2PS. The van der Waals surface area contributed by atoms with E-state index in [4.69, 9.17) is 0 Å². The zero-order valence-electron chi connectivity index (χ0n) is 17.8. The van der Waals surface area contributed by atoms with Gasteiger partial charge in [0.15, 0.2) is 10.9 Å². The van der Waals surface area contributed by atoms with Crippen LogP contribution in [-0.2, 0) is 6.18 Å². The van der Waals surface area contributed by atoms with Gasteiger partial charge in [-0.3, -0.25) is 14.9 Å². The highest BCUT2D eigenvalue weighted by atomic mass is 79.9.